The van der Waals surface area contributed by atoms with Crippen molar-refractivity contribution in [1.82, 2.24) is 4.98 Å². The number of carbonyl (C=O) groups excluding carboxylic acids is 2. The molecule has 0 atom stereocenters. The van der Waals surface area contributed by atoms with Crippen molar-refractivity contribution in [3.05, 3.63) is 65.0 Å². The molecule has 0 unspecified atom stereocenters. The van der Waals surface area contributed by atoms with E-state index in [2.05, 4.69) is 17.2 Å². The number of carbonyl (C=O) groups is 2. The van der Waals surface area contributed by atoms with E-state index >= 15 is 0 Å². The van der Waals surface area contributed by atoms with E-state index in [1.165, 1.54) is 16.9 Å². The van der Waals surface area contributed by atoms with Gasteiger partial charge in [-0.3, -0.25) is 9.59 Å². The van der Waals surface area contributed by atoms with E-state index in [0.29, 0.717) is 10.7 Å². The number of ether oxygens (including phenoxy) is 1. The Morgan fingerprint density at radius 1 is 1.07 bits per heavy atom. The minimum atomic E-state index is -0.223. The Bertz CT molecular complexity index is 964. The van der Waals surface area contributed by atoms with E-state index < -0.39 is 0 Å². The van der Waals surface area contributed by atoms with Gasteiger partial charge in [0.05, 0.1) is 12.8 Å². The SMILES string of the molecule is CCc1ccc(C(=O)CCC(=O)Nc2nc(-c3ccccc3OC)cs2)cc1. The van der Waals surface area contributed by atoms with Crippen LogP contribution in [0, 0.1) is 0 Å². The lowest BCUT2D eigenvalue weighted by Crippen LogP contribution is -2.13. The largest absolute Gasteiger partial charge is 0.496 e. The molecule has 0 saturated heterocycles. The van der Waals surface area contributed by atoms with Crippen molar-refractivity contribution < 1.29 is 14.3 Å². The molecule has 2 aromatic carbocycles. The van der Waals surface area contributed by atoms with Crippen LogP contribution in [0.4, 0.5) is 5.13 Å². The number of thiazole rings is 1. The van der Waals surface area contributed by atoms with Crippen LogP contribution in [0.2, 0.25) is 0 Å². The number of aromatic nitrogens is 1. The number of nitrogens with zero attached hydrogens (tertiary/aromatic N) is 1. The molecule has 1 amide bonds. The molecule has 6 heteroatoms. The number of rotatable bonds is 8. The third kappa shape index (κ3) is 4.84. The number of Topliss-reactive ketones (excluding diaryl/α,β-unsaturated/α-hetero) is 1. The number of amides is 1. The third-order valence-corrected chi connectivity index (χ3v) is 5.15. The van der Waals surface area contributed by atoms with Crippen LogP contribution < -0.4 is 10.1 Å². The summed E-state index contributed by atoms with van der Waals surface area (Å²) < 4.78 is 5.35. The number of methoxy groups -OCH3 is 1. The summed E-state index contributed by atoms with van der Waals surface area (Å²) >= 11 is 1.34. The zero-order chi connectivity index (χ0) is 19.9. The molecule has 3 rings (SSSR count). The van der Waals surface area contributed by atoms with Gasteiger partial charge in [-0.15, -0.1) is 11.3 Å². The molecule has 0 saturated carbocycles. The van der Waals surface area contributed by atoms with Crippen LogP contribution in [0.3, 0.4) is 0 Å². The highest BCUT2D eigenvalue weighted by Gasteiger charge is 2.13. The smallest absolute Gasteiger partial charge is 0.226 e. The summed E-state index contributed by atoms with van der Waals surface area (Å²) in [6.07, 6.45) is 1.22. The molecular formula is C22H22N2O3S. The van der Waals surface area contributed by atoms with Gasteiger partial charge >= 0.3 is 0 Å². The first-order valence-corrected chi connectivity index (χ1v) is 9.99. The van der Waals surface area contributed by atoms with Crippen molar-refractivity contribution >= 4 is 28.2 Å². The molecule has 1 heterocycles. The zero-order valence-corrected chi connectivity index (χ0v) is 16.7. The molecule has 0 aliphatic carbocycles. The Kier molecular flexibility index (Phi) is 6.55. The van der Waals surface area contributed by atoms with Crippen molar-refractivity contribution in [2.75, 3.05) is 12.4 Å². The van der Waals surface area contributed by atoms with Gasteiger partial charge in [0.15, 0.2) is 10.9 Å². The topological polar surface area (TPSA) is 68.3 Å². The molecule has 1 aromatic heterocycles. The quantitative estimate of drug-likeness (QED) is 0.547. The first kappa shape index (κ1) is 19.8. The number of hydrogen-bond donors (Lipinski definition) is 1. The summed E-state index contributed by atoms with van der Waals surface area (Å²) in [6.45, 7) is 2.07. The van der Waals surface area contributed by atoms with Crippen LogP contribution in [0.1, 0.15) is 35.7 Å². The molecular weight excluding hydrogens is 372 g/mol. The molecule has 28 heavy (non-hydrogen) atoms. The predicted molar refractivity (Wildman–Crippen MR) is 112 cm³/mol. The van der Waals surface area contributed by atoms with Crippen molar-refractivity contribution in [1.29, 1.82) is 0 Å². The summed E-state index contributed by atoms with van der Waals surface area (Å²) in [4.78, 5) is 28.9. The second-order valence-electron chi connectivity index (χ2n) is 6.26. The van der Waals surface area contributed by atoms with Crippen molar-refractivity contribution in [3.63, 3.8) is 0 Å². The highest BCUT2D eigenvalue weighted by Crippen LogP contribution is 2.31. The van der Waals surface area contributed by atoms with E-state index in [1.807, 2.05) is 53.9 Å². The lowest BCUT2D eigenvalue weighted by atomic mass is 10.0. The number of para-hydroxylation sites is 1. The molecule has 0 bridgehead atoms. The maximum atomic E-state index is 12.3. The maximum absolute atomic E-state index is 12.3. The number of aryl methyl sites for hydroxylation is 1. The molecule has 1 N–H and O–H groups in total. The molecule has 5 nitrogen and oxygen atoms in total. The van der Waals surface area contributed by atoms with Crippen LogP contribution >= 0.6 is 11.3 Å². The van der Waals surface area contributed by atoms with Gasteiger partial charge in [0.2, 0.25) is 5.91 Å². The number of nitrogens with one attached hydrogen (secondary N) is 1. The van der Waals surface area contributed by atoms with E-state index in [9.17, 15) is 9.59 Å². The second kappa shape index (κ2) is 9.28. The van der Waals surface area contributed by atoms with Crippen LogP contribution in [-0.4, -0.2) is 23.8 Å². The molecule has 144 valence electrons. The fourth-order valence-electron chi connectivity index (χ4n) is 2.79. The van der Waals surface area contributed by atoms with Crippen LogP contribution in [-0.2, 0) is 11.2 Å². The molecule has 0 spiro atoms. The minimum absolute atomic E-state index is 0.0355. The van der Waals surface area contributed by atoms with Crippen LogP contribution in [0.25, 0.3) is 11.3 Å². The Labute approximate surface area is 168 Å². The van der Waals surface area contributed by atoms with Crippen molar-refractivity contribution in [2.45, 2.75) is 26.2 Å². The third-order valence-electron chi connectivity index (χ3n) is 4.40. The molecule has 3 aromatic rings. The Morgan fingerprint density at radius 2 is 1.82 bits per heavy atom. The zero-order valence-electron chi connectivity index (χ0n) is 15.9. The lowest BCUT2D eigenvalue weighted by molar-refractivity contribution is -0.116. The maximum Gasteiger partial charge on any atom is 0.226 e. The molecule has 0 aliphatic rings. The monoisotopic (exact) mass is 394 g/mol. The first-order chi connectivity index (χ1) is 13.6. The van der Waals surface area contributed by atoms with E-state index in [-0.39, 0.29) is 24.5 Å². The van der Waals surface area contributed by atoms with E-state index in [4.69, 9.17) is 4.74 Å². The van der Waals surface area contributed by atoms with E-state index in [1.54, 1.807) is 7.11 Å². The summed E-state index contributed by atoms with van der Waals surface area (Å²) in [5.74, 6) is 0.469. The van der Waals surface area contributed by atoms with E-state index in [0.717, 1.165) is 23.4 Å². The standard InChI is InChI=1S/C22H22N2O3S/c1-3-15-8-10-16(11-9-15)19(25)12-13-21(26)24-22-23-18(14-28-22)17-6-4-5-7-20(17)27-2/h4-11,14H,3,12-13H2,1-2H3,(H,23,24,26). The Morgan fingerprint density at radius 3 is 2.54 bits per heavy atom. The number of benzene rings is 2. The second-order valence-corrected chi connectivity index (χ2v) is 7.12. The molecule has 0 aliphatic heterocycles. The summed E-state index contributed by atoms with van der Waals surface area (Å²) in [6, 6.07) is 15.1. The number of hydrogen-bond acceptors (Lipinski definition) is 5. The van der Waals surface area contributed by atoms with Gasteiger partial charge in [-0.05, 0) is 24.1 Å². The average molecular weight is 394 g/mol. The predicted octanol–water partition coefficient (Wildman–Crippen LogP) is 4.98. The van der Waals surface area contributed by atoms with Crippen LogP contribution in [0.5, 0.6) is 5.75 Å². The van der Waals surface area contributed by atoms with Gasteiger partial charge in [0.25, 0.3) is 0 Å². The van der Waals surface area contributed by atoms with Crippen LogP contribution in [0.15, 0.2) is 53.9 Å². The fourth-order valence-corrected chi connectivity index (χ4v) is 3.52. The molecule has 0 fully saturated rings. The Hall–Kier alpha value is -2.99. The van der Waals surface area contributed by atoms with Gasteiger partial charge < -0.3 is 10.1 Å². The summed E-state index contributed by atoms with van der Waals surface area (Å²) in [5, 5.41) is 5.14. The number of ketones is 1. The highest BCUT2D eigenvalue weighted by molar-refractivity contribution is 7.14. The van der Waals surface area contributed by atoms with Gasteiger partial charge in [-0.1, -0.05) is 43.3 Å². The van der Waals surface area contributed by atoms with Crippen molar-refractivity contribution in [2.24, 2.45) is 0 Å². The van der Waals surface area contributed by atoms with Gasteiger partial charge in [0.1, 0.15) is 5.75 Å². The summed E-state index contributed by atoms with van der Waals surface area (Å²) in [5.41, 5.74) is 3.43. The van der Waals surface area contributed by atoms with Crippen molar-refractivity contribution in [3.8, 4) is 17.0 Å². The van der Waals surface area contributed by atoms with Gasteiger partial charge in [-0.2, -0.15) is 0 Å². The lowest BCUT2D eigenvalue weighted by Gasteiger charge is -2.05. The minimum Gasteiger partial charge on any atom is -0.496 e. The fraction of sp³-hybridized carbons (Fsp3) is 0.227. The first-order valence-electron chi connectivity index (χ1n) is 9.11. The normalized spacial score (nSPS) is 10.5. The Balaban J connectivity index is 1.56. The molecule has 0 radical (unpaired) electrons. The average Bonchev–Trinajstić information content (AvgIpc) is 3.20. The summed E-state index contributed by atoms with van der Waals surface area (Å²) in [7, 11) is 1.61. The van der Waals surface area contributed by atoms with Gasteiger partial charge in [-0.25, -0.2) is 4.98 Å². The highest BCUT2D eigenvalue weighted by atomic mass is 32.1. The number of anilines is 1. The van der Waals surface area contributed by atoms with Gasteiger partial charge in [0, 0.05) is 29.3 Å².